The fourth-order valence-electron chi connectivity index (χ4n) is 1.74. The van der Waals surface area contributed by atoms with Crippen LogP contribution in [0.1, 0.15) is 19.3 Å². The van der Waals surface area contributed by atoms with E-state index in [-0.39, 0.29) is 0 Å². The first kappa shape index (κ1) is 12.3. The van der Waals surface area contributed by atoms with E-state index in [0.717, 1.165) is 51.5 Å². The smallest absolute Gasteiger partial charge is 0.0938 e. The van der Waals surface area contributed by atoms with Crippen molar-refractivity contribution < 1.29 is 0 Å². The van der Waals surface area contributed by atoms with Crippen molar-refractivity contribution in [2.24, 2.45) is 5.73 Å². The second-order valence-corrected chi connectivity index (χ2v) is 3.96. The molecule has 0 aromatic rings. The van der Waals surface area contributed by atoms with Gasteiger partial charge in [0.15, 0.2) is 0 Å². The molecule has 0 atom stereocenters. The molecular formula is C11H24N4. The first-order valence-electron chi connectivity index (χ1n) is 5.93. The molecule has 1 heterocycles. The Hall–Kier alpha value is -0.740. The van der Waals surface area contributed by atoms with E-state index in [0.29, 0.717) is 0 Å². The van der Waals surface area contributed by atoms with Gasteiger partial charge in [-0.3, -0.25) is 0 Å². The van der Waals surface area contributed by atoms with Crippen LogP contribution in [0, 0.1) is 0 Å². The molecule has 0 unspecified atom stereocenters. The number of nitrogens with zero attached hydrogens (tertiary/aromatic N) is 1. The Morgan fingerprint density at radius 3 is 2.93 bits per heavy atom. The van der Waals surface area contributed by atoms with E-state index in [1.54, 1.807) is 0 Å². The largest absolute Gasteiger partial charge is 0.372 e. The molecule has 0 spiro atoms. The van der Waals surface area contributed by atoms with Crippen LogP contribution >= 0.6 is 0 Å². The summed E-state index contributed by atoms with van der Waals surface area (Å²) in [5, 5.41) is 6.67. The van der Waals surface area contributed by atoms with E-state index in [1.807, 2.05) is 0 Å². The van der Waals surface area contributed by atoms with Crippen molar-refractivity contribution in [3.05, 3.63) is 12.4 Å². The molecule has 1 fully saturated rings. The molecule has 0 amide bonds. The van der Waals surface area contributed by atoms with Crippen LogP contribution < -0.4 is 16.4 Å². The third-order valence-corrected chi connectivity index (χ3v) is 2.65. The molecule has 0 aromatic carbocycles. The number of hydrogen-bond acceptors (Lipinski definition) is 4. The maximum Gasteiger partial charge on any atom is 0.0938 e. The number of rotatable bonds is 7. The first-order chi connectivity index (χ1) is 7.34. The molecule has 88 valence electrons. The molecule has 15 heavy (non-hydrogen) atoms. The van der Waals surface area contributed by atoms with Crippen molar-refractivity contribution in [1.29, 1.82) is 0 Å². The zero-order chi connectivity index (χ0) is 10.9. The normalized spacial score (nSPS) is 16.6. The highest BCUT2D eigenvalue weighted by molar-refractivity contribution is 4.94. The minimum absolute atomic E-state index is 0.778. The van der Waals surface area contributed by atoms with E-state index in [9.17, 15) is 0 Å². The van der Waals surface area contributed by atoms with Gasteiger partial charge in [0.05, 0.1) is 5.82 Å². The molecule has 1 aliphatic rings. The van der Waals surface area contributed by atoms with E-state index in [4.69, 9.17) is 5.73 Å². The second-order valence-electron chi connectivity index (χ2n) is 3.96. The lowest BCUT2D eigenvalue weighted by Gasteiger charge is -2.31. The third-order valence-electron chi connectivity index (χ3n) is 2.65. The Kier molecular flexibility index (Phi) is 6.20. The maximum absolute atomic E-state index is 5.41. The Morgan fingerprint density at radius 1 is 1.40 bits per heavy atom. The van der Waals surface area contributed by atoms with Crippen LogP contribution in [0.15, 0.2) is 12.4 Å². The van der Waals surface area contributed by atoms with Gasteiger partial charge in [-0.2, -0.15) is 0 Å². The SMILES string of the molecule is C=C1NCCCN1CCCNCCCN. The summed E-state index contributed by atoms with van der Waals surface area (Å²) in [5.74, 6) is 1.09. The maximum atomic E-state index is 5.41. The Labute approximate surface area is 92.9 Å². The van der Waals surface area contributed by atoms with E-state index < -0.39 is 0 Å². The zero-order valence-corrected chi connectivity index (χ0v) is 9.60. The van der Waals surface area contributed by atoms with Crippen molar-refractivity contribution in [2.45, 2.75) is 19.3 Å². The summed E-state index contributed by atoms with van der Waals surface area (Å²) in [6.45, 7) is 10.2. The van der Waals surface area contributed by atoms with Crippen LogP contribution in [0.2, 0.25) is 0 Å². The van der Waals surface area contributed by atoms with E-state index in [2.05, 4.69) is 22.1 Å². The summed E-state index contributed by atoms with van der Waals surface area (Å²) in [6, 6.07) is 0. The molecule has 4 N–H and O–H groups in total. The molecule has 1 aliphatic heterocycles. The first-order valence-corrected chi connectivity index (χ1v) is 5.93. The number of nitrogens with one attached hydrogen (secondary N) is 2. The van der Waals surface area contributed by atoms with Crippen LogP contribution in [0.5, 0.6) is 0 Å². The predicted octanol–water partition coefficient (Wildman–Crippen LogP) is 0.0814. The average Bonchev–Trinajstić information content (AvgIpc) is 2.25. The molecule has 4 nitrogen and oxygen atoms in total. The van der Waals surface area contributed by atoms with Crippen molar-refractivity contribution in [2.75, 3.05) is 39.3 Å². The fraction of sp³-hybridized carbons (Fsp3) is 0.818. The van der Waals surface area contributed by atoms with Gasteiger partial charge in [0, 0.05) is 19.6 Å². The Morgan fingerprint density at radius 2 is 2.20 bits per heavy atom. The van der Waals surface area contributed by atoms with Crippen LogP contribution in [-0.4, -0.2) is 44.2 Å². The highest BCUT2D eigenvalue weighted by atomic mass is 15.3. The summed E-state index contributed by atoms with van der Waals surface area (Å²) in [6.07, 6.45) is 3.46. The summed E-state index contributed by atoms with van der Waals surface area (Å²) in [5.41, 5.74) is 5.41. The minimum atomic E-state index is 0.778. The van der Waals surface area contributed by atoms with Crippen molar-refractivity contribution in [3.63, 3.8) is 0 Å². The molecule has 1 saturated heterocycles. The Bertz CT molecular complexity index is 181. The molecule has 0 aliphatic carbocycles. The summed E-state index contributed by atoms with van der Waals surface area (Å²) < 4.78 is 0. The quantitative estimate of drug-likeness (QED) is 0.523. The molecular weight excluding hydrogens is 188 g/mol. The van der Waals surface area contributed by atoms with Gasteiger partial charge in [0.1, 0.15) is 0 Å². The van der Waals surface area contributed by atoms with Crippen LogP contribution in [0.4, 0.5) is 0 Å². The summed E-state index contributed by atoms with van der Waals surface area (Å²) in [7, 11) is 0. The van der Waals surface area contributed by atoms with E-state index >= 15 is 0 Å². The fourth-order valence-corrected chi connectivity index (χ4v) is 1.74. The van der Waals surface area contributed by atoms with Gasteiger partial charge in [-0.1, -0.05) is 6.58 Å². The van der Waals surface area contributed by atoms with Gasteiger partial charge in [-0.25, -0.2) is 0 Å². The monoisotopic (exact) mass is 212 g/mol. The molecule has 0 aromatic heterocycles. The van der Waals surface area contributed by atoms with Crippen molar-refractivity contribution >= 4 is 0 Å². The molecule has 0 bridgehead atoms. The lowest BCUT2D eigenvalue weighted by atomic mass is 10.3. The van der Waals surface area contributed by atoms with Gasteiger partial charge in [0.2, 0.25) is 0 Å². The van der Waals surface area contributed by atoms with Crippen LogP contribution in [0.25, 0.3) is 0 Å². The predicted molar refractivity (Wildman–Crippen MR) is 64.5 cm³/mol. The van der Waals surface area contributed by atoms with Crippen LogP contribution in [0.3, 0.4) is 0 Å². The lowest BCUT2D eigenvalue weighted by molar-refractivity contribution is 0.278. The molecule has 4 heteroatoms. The van der Waals surface area contributed by atoms with Gasteiger partial charge >= 0.3 is 0 Å². The highest BCUT2D eigenvalue weighted by Gasteiger charge is 2.10. The standard InChI is InChI=1S/C11H24N4/c1-11-14-8-4-10-15(11)9-3-7-13-6-2-5-12/h13-14H,1-10,12H2. The lowest BCUT2D eigenvalue weighted by Crippen LogP contribution is -2.39. The second kappa shape index (κ2) is 7.54. The van der Waals surface area contributed by atoms with Crippen molar-refractivity contribution in [1.82, 2.24) is 15.5 Å². The molecule has 0 radical (unpaired) electrons. The summed E-state index contributed by atoms with van der Waals surface area (Å²) in [4.78, 5) is 2.33. The zero-order valence-electron chi connectivity index (χ0n) is 9.60. The third kappa shape index (κ3) is 5.04. The average molecular weight is 212 g/mol. The highest BCUT2D eigenvalue weighted by Crippen LogP contribution is 2.05. The minimum Gasteiger partial charge on any atom is -0.372 e. The van der Waals surface area contributed by atoms with Crippen LogP contribution in [-0.2, 0) is 0 Å². The van der Waals surface area contributed by atoms with Crippen molar-refractivity contribution in [3.8, 4) is 0 Å². The van der Waals surface area contributed by atoms with Gasteiger partial charge < -0.3 is 21.3 Å². The van der Waals surface area contributed by atoms with E-state index in [1.165, 1.54) is 12.8 Å². The molecule has 0 saturated carbocycles. The number of nitrogens with two attached hydrogens (primary N) is 1. The number of hydrogen-bond donors (Lipinski definition) is 3. The summed E-state index contributed by atoms with van der Waals surface area (Å²) >= 11 is 0. The van der Waals surface area contributed by atoms with Gasteiger partial charge in [-0.15, -0.1) is 0 Å². The van der Waals surface area contributed by atoms with Gasteiger partial charge in [-0.05, 0) is 38.9 Å². The Balaban J connectivity index is 1.96. The topological polar surface area (TPSA) is 53.3 Å². The van der Waals surface area contributed by atoms with Gasteiger partial charge in [0.25, 0.3) is 0 Å². The molecule has 1 rings (SSSR count).